The molecule has 1 fully saturated rings. The number of piperazine rings is 1. The molecular weight excluding hydrogens is 438 g/mol. The highest BCUT2D eigenvalue weighted by Crippen LogP contribution is 2.19. The molecule has 0 radical (unpaired) electrons. The minimum absolute atomic E-state index is 0.0595. The maximum Gasteiger partial charge on any atom is 0.260 e. The second-order valence-corrected chi connectivity index (χ2v) is 9.78. The molecule has 7 nitrogen and oxygen atoms in total. The fourth-order valence-electron chi connectivity index (χ4n) is 3.74. The van der Waals surface area contributed by atoms with Crippen LogP contribution in [0.4, 0.5) is 0 Å². The molecule has 1 aliphatic heterocycles. The number of sulfonamides is 1. The van der Waals surface area contributed by atoms with Gasteiger partial charge in [0, 0.05) is 45.8 Å². The van der Waals surface area contributed by atoms with E-state index in [4.69, 9.17) is 4.74 Å². The lowest BCUT2D eigenvalue weighted by molar-refractivity contribution is -0.135. The Kier molecular flexibility index (Phi) is 9.05. The third-order valence-electron chi connectivity index (χ3n) is 5.73. The number of carbonyl (C=O) groups excluding carboxylic acids is 1. The zero-order valence-electron chi connectivity index (χ0n) is 19.4. The maximum atomic E-state index is 12.6. The van der Waals surface area contributed by atoms with Crippen molar-refractivity contribution >= 4 is 22.0 Å². The van der Waals surface area contributed by atoms with E-state index in [0.29, 0.717) is 31.9 Å². The van der Waals surface area contributed by atoms with Crippen LogP contribution in [0.25, 0.3) is 6.08 Å². The summed E-state index contributed by atoms with van der Waals surface area (Å²) in [6, 6.07) is 16.4. The van der Waals surface area contributed by atoms with Crippen LogP contribution in [0.5, 0.6) is 5.75 Å². The standard InChI is InChI=1S/C25H33N3O4S/c1-3-28(4-2)33(30,31)24-14-12-23(13-15-24)32-21-25(29)27-19-17-26(18-20-27)16-8-11-22-9-6-5-7-10-22/h5-15H,3-4,16-21H2,1-2H3. The quantitative estimate of drug-likeness (QED) is 0.533. The molecule has 0 aromatic heterocycles. The molecule has 0 unspecified atom stereocenters. The summed E-state index contributed by atoms with van der Waals surface area (Å²) in [4.78, 5) is 16.9. The lowest BCUT2D eigenvalue weighted by atomic mass is 10.2. The van der Waals surface area contributed by atoms with Crippen molar-refractivity contribution in [2.75, 3.05) is 52.4 Å². The molecule has 2 aromatic carbocycles. The normalized spacial score (nSPS) is 15.3. The number of hydrogen-bond acceptors (Lipinski definition) is 5. The van der Waals surface area contributed by atoms with Gasteiger partial charge in [0.2, 0.25) is 10.0 Å². The van der Waals surface area contributed by atoms with Crippen molar-refractivity contribution in [1.82, 2.24) is 14.1 Å². The van der Waals surface area contributed by atoms with Crippen molar-refractivity contribution in [2.45, 2.75) is 18.7 Å². The van der Waals surface area contributed by atoms with Crippen LogP contribution in [0, 0.1) is 0 Å². The Hall–Kier alpha value is -2.68. The topological polar surface area (TPSA) is 70.2 Å². The zero-order valence-corrected chi connectivity index (χ0v) is 20.2. The highest BCUT2D eigenvalue weighted by Gasteiger charge is 2.22. The molecule has 8 heteroatoms. The molecule has 1 heterocycles. The molecule has 178 valence electrons. The van der Waals surface area contributed by atoms with Gasteiger partial charge in [-0.15, -0.1) is 0 Å². The number of carbonyl (C=O) groups is 1. The van der Waals surface area contributed by atoms with Crippen LogP contribution >= 0.6 is 0 Å². The zero-order chi connectivity index (χ0) is 23.7. The third kappa shape index (κ3) is 6.90. The highest BCUT2D eigenvalue weighted by atomic mass is 32.2. The van der Waals surface area contributed by atoms with Crippen LogP contribution in [-0.2, 0) is 14.8 Å². The fraction of sp³-hybridized carbons (Fsp3) is 0.400. The van der Waals surface area contributed by atoms with Gasteiger partial charge in [-0.2, -0.15) is 4.31 Å². The summed E-state index contributed by atoms with van der Waals surface area (Å²) >= 11 is 0. The second kappa shape index (κ2) is 12.0. The van der Waals surface area contributed by atoms with E-state index in [1.54, 1.807) is 12.1 Å². The molecule has 0 bridgehead atoms. The smallest absolute Gasteiger partial charge is 0.260 e. The van der Waals surface area contributed by atoms with Crippen LogP contribution < -0.4 is 4.74 Å². The number of nitrogens with zero attached hydrogens (tertiary/aromatic N) is 3. The van der Waals surface area contributed by atoms with Crippen LogP contribution in [0.2, 0.25) is 0 Å². The predicted molar refractivity (Wildman–Crippen MR) is 131 cm³/mol. The average molecular weight is 472 g/mol. The molecule has 1 aliphatic rings. The van der Waals surface area contributed by atoms with Crippen molar-refractivity contribution in [2.24, 2.45) is 0 Å². The Balaban J connectivity index is 1.43. The summed E-state index contributed by atoms with van der Waals surface area (Å²) in [6.07, 6.45) is 4.27. The van der Waals surface area contributed by atoms with E-state index < -0.39 is 10.0 Å². The molecule has 0 N–H and O–H groups in total. The van der Waals surface area contributed by atoms with Crippen LogP contribution in [0.1, 0.15) is 19.4 Å². The summed E-state index contributed by atoms with van der Waals surface area (Å²) in [6.45, 7) is 8.24. The van der Waals surface area contributed by atoms with Gasteiger partial charge in [0.15, 0.2) is 6.61 Å². The minimum Gasteiger partial charge on any atom is -0.484 e. The van der Waals surface area contributed by atoms with Gasteiger partial charge >= 0.3 is 0 Å². The SMILES string of the molecule is CCN(CC)S(=O)(=O)c1ccc(OCC(=O)N2CCN(CC=Cc3ccccc3)CC2)cc1. The monoisotopic (exact) mass is 471 g/mol. The summed E-state index contributed by atoms with van der Waals surface area (Å²) < 4.78 is 32.1. The number of amides is 1. The first kappa shape index (κ1) is 25.0. The molecule has 33 heavy (non-hydrogen) atoms. The van der Waals surface area contributed by atoms with Gasteiger partial charge in [0.1, 0.15) is 5.75 Å². The van der Waals surface area contributed by atoms with Gasteiger partial charge in [0.05, 0.1) is 4.90 Å². The van der Waals surface area contributed by atoms with Crippen LogP contribution in [0.3, 0.4) is 0 Å². The van der Waals surface area contributed by atoms with Crippen molar-refractivity contribution in [3.8, 4) is 5.75 Å². The average Bonchev–Trinajstić information content (AvgIpc) is 2.84. The van der Waals surface area contributed by atoms with E-state index in [-0.39, 0.29) is 17.4 Å². The molecule has 2 aromatic rings. The van der Waals surface area contributed by atoms with E-state index in [1.165, 1.54) is 22.0 Å². The first-order valence-electron chi connectivity index (χ1n) is 11.4. The molecule has 3 rings (SSSR count). The second-order valence-electron chi connectivity index (χ2n) is 7.84. The Labute approximate surface area is 197 Å². The molecule has 1 saturated heterocycles. The first-order chi connectivity index (χ1) is 15.9. The fourth-order valence-corrected chi connectivity index (χ4v) is 5.20. The largest absolute Gasteiger partial charge is 0.484 e. The number of ether oxygens (including phenoxy) is 1. The number of hydrogen-bond donors (Lipinski definition) is 0. The molecule has 0 aliphatic carbocycles. The highest BCUT2D eigenvalue weighted by molar-refractivity contribution is 7.89. The molecule has 0 atom stereocenters. The minimum atomic E-state index is -3.50. The van der Waals surface area contributed by atoms with Crippen molar-refractivity contribution < 1.29 is 17.9 Å². The van der Waals surface area contributed by atoms with Crippen molar-refractivity contribution in [3.05, 3.63) is 66.2 Å². The summed E-state index contributed by atoms with van der Waals surface area (Å²) in [5, 5.41) is 0. The molecule has 1 amide bonds. The summed E-state index contributed by atoms with van der Waals surface area (Å²) in [7, 11) is -3.50. The van der Waals surface area contributed by atoms with Gasteiger partial charge in [0.25, 0.3) is 5.91 Å². The maximum absolute atomic E-state index is 12.6. The van der Waals surface area contributed by atoms with Crippen molar-refractivity contribution in [3.63, 3.8) is 0 Å². The first-order valence-corrected chi connectivity index (χ1v) is 12.8. The third-order valence-corrected chi connectivity index (χ3v) is 7.79. The summed E-state index contributed by atoms with van der Waals surface area (Å²) in [5.74, 6) is 0.417. The van der Waals surface area contributed by atoms with Crippen molar-refractivity contribution in [1.29, 1.82) is 0 Å². The lowest BCUT2D eigenvalue weighted by Crippen LogP contribution is -2.49. The summed E-state index contributed by atoms with van der Waals surface area (Å²) in [5.41, 5.74) is 1.18. The van der Waals surface area contributed by atoms with E-state index in [0.717, 1.165) is 19.6 Å². The van der Waals surface area contributed by atoms with Gasteiger partial charge in [-0.1, -0.05) is 56.3 Å². The Bertz CT molecular complexity index is 1010. The molecule has 0 saturated carbocycles. The number of benzene rings is 2. The molecule has 0 spiro atoms. The van der Waals surface area contributed by atoms with E-state index in [2.05, 4.69) is 29.2 Å². The number of rotatable bonds is 10. The molecular formula is C25H33N3O4S. The van der Waals surface area contributed by atoms with Gasteiger partial charge < -0.3 is 9.64 Å². The van der Waals surface area contributed by atoms with Gasteiger partial charge in [-0.25, -0.2) is 8.42 Å². The van der Waals surface area contributed by atoms with Crippen LogP contribution in [0.15, 0.2) is 65.6 Å². The van der Waals surface area contributed by atoms with E-state index in [9.17, 15) is 13.2 Å². The van der Waals surface area contributed by atoms with E-state index >= 15 is 0 Å². The van der Waals surface area contributed by atoms with Crippen LogP contribution in [-0.4, -0.2) is 80.9 Å². The van der Waals surface area contributed by atoms with Gasteiger partial charge in [-0.05, 0) is 29.8 Å². The lowest BCUT2D eigenvalue weighted by Gasteiger charge is -2.34. The predicted octanol–water partition coefficient (Wildman–Crippen LogP) is 2.95. The Morgan fingerprint density at radius 3 is 2.21 bits per heavy atom. The van der Waals surface area contributed by atoms with E-state index in [1.807, 2.05) is 36.9 Å². The Morgan fingerprint density at radius 2 is 1.61 bits per heavy atom. The Morgan fingerprint density at radius 1 is 0.970 bits per heavy atom. The van der Waals surface area contributed by atoms with Gasteiger partial charge in [-0.3, -0.25) is 9.69 Å².